The zero-order valence-electron chi connectivity index (χ0n) is 19.2. The Morgan fingerprint density at radius 1 is 0.909 bits per heavy atom. The number of aromatic nitrogens is 1. The van der Waals surface area contributed by atoms with E-state index in [2.05, 4.69) is 29.0 Å². The van der Waals surface area contributed by atoms with Crippen LogP contribution >= 0.6 is 0 Å². The molecule has 6 heteroatoms. The average molecular weight is 441 g/mol. The Hall–Kier alpha value is -3.93. The predicted octanol–water partition coefficient (Wildman–Crippen LogP) is 4.63. The summed E-state index contributed by atoms with van der Waals surface area (Å²) in [5, 5.41) is 3.24. The van der Waals surface area contributed by atoms with Crippen LogP contribution in [0.25, 0.3) is 5.57 Å². The molecule has 4 rings (SSSR count). The van der Waals surface area contributed by atoms with E-state index in [0.717, 1.165) is 41.2 Å². The number of nitrogens with zero attached hydrogens (tertiary/aromatic N) is 3. The van der Waals surface area contributed by atoms with Gasteiger partial charge < -0.3 is 10.2 Å². The monoisotopic (exact) mass is 440 g/mol. The smallest absolute Gasteiger partial charge is 0.278 e. The normalized spacial score (nSPS) is 13.6. The van der Waals surface area contributed by atoms with Crippen molar-refractivity contribution in [2.75, 3.05) is 23.3 Å². The van der Waals surface area contributed by atoms with Gasteiger partial charge in [-0.15, -0.1) is 0 Å². The molecule has 1 N–H and O–H groups in total. The van der Waals surface area contributed by atoms with E-state index in [4.69, 9.17) is 0 Å². The van der Waals surface area contributed by atoms with Crippen LogP contribution in [0.5, 0.6) is 0 Å². The van der Waals surface area contributed by atoms with Gasteiger partial charge in [0.2, 0.25) is 0 Å². The first-order valence-corrected chi connectivity index (χ1v) is 11.2. The van der Waals surface area contributed by atoms with Gasteiger partial charge in [-0.25, -0.2) is 0 Å². The van der Waals surface area contributed by atoms with E-state index < -0.39 is 0 Å². The van der Waals surface area contributed by atoms with Crippen molar-refractivity contribution in [1.29, 1.82) is 0 Å². The van der Waals surface area contributed by atoms with Crippen molar-refractivity contribution in [1.82, 2.24) is 9.88 Å². The molecule has 168 valence electrons. The molecular formula is C27H28N4O2. The highest BCUT2D eigenvalue weighted by atomic mass is 16.2. The number of carbonyl (C=O) groups excluding carboxylic acids is 2. The van der Waals surface area contributed by atoms with Gasteiger partial charge in [0.15, 0.2) is 0 Å². The third-order valence-electron chi connectivity index (χ3n) is 5.84. The predicted molar refractivity (Wildman–Crippen MR) is 132 cm³/mol. The Morgan fingerprint density at radius 3 is 2.21 bits per heavy atom. The fourth-order valence-corrected chi connectivity index (χ4v) is 3.99. The van der Waals surface area contributed by atoms with Crippen LogP contribution < -0.4 is 10.2 Å². The summed E-state index contributed by atoms with van der Waals surface area (Å²) in [7, 11) is 0. The summed E-state index contributed by atoms with van der Waals surface area (Å²) >= 11 is 0. The Bertz CT molecular complexity index is 1170. The van der Waals surface area contributed by atoms with Crippen LogP contribution in [0.2, 0.25) is 0 Å². The van der Waals surface area contributed by atoms with Gasteiger partial charge in [0.05, 0.1) is 12.1 Å². The first-order valence-electron chi connectivity index (χ1n) is 11.2. The molecule has 2 aromatic carbocycles. The Labute approximate surface area is 194 Å². The lowest BCUT2D eigenvalue weighted by molar-refractivity contribution is -0.137. The molecule has 0 unspecified atom stereocenters. The second-order valence-corrected chi connectivity index (χ2v) is 8.02. The maximum absolute atomic E-state index is 13.4. The summed E-state index contributed by atoms with van der Waals surface area (Å²) < 4.78 is 0. The lowest BCUT2D eigenvalue weighted by Crippen LogP contribution is -2.32. The summed E-state index contributed by atoms with van der Waals surface area (Å²) in [6, 6.07) is 19.2. The van der Waals surface area contributed by atoms with Crippen molar-refractivity contribution >= 4 is 28.8 Å². The van der Waals surface area contributed by atoms with Crippen LogP contribution in [0.15, 0.2) is 78.8 Å². The molecule has 0 bridgehead atoms. The number of rotatable bonds is 8. The molecule has 6 nitrogen and oxygen atoms in total. The highest BCUT2D eigenvalue weighted by molar-refractivity contribution is 6.36. The topological polar surface area (TPSA) is 65.5 Å². The van der Waals surface area contributed by atoms with Gasteiger partial charge >= 0.3 is 0 Å². The van der Waals surface area contributed by atoms with Crippen LogP contribution in [0.3, 0.4) is 0 Å². The van der Waals surface area contributed by atoms with Gasteiger partial charge in [-0.05, 0) is 62.2 Å². The second kappa shape index (κ2) is 9.69. The van der Waals surface area contributed by atoms with Crippen molar-refractivity contribution < 1.29 is 9.59 Å². The minimum Gasteiger partial charge on any atom is -0.372 e. The van der Waals surface area contributed by atoms with Crippen LogP contribution in [0.1, 0.15) is 30.5 Å². The summed E-state index contributed by atoms with van der Waals surface area (Å²) in [5.41, 5.74) is 5.16. The van der Waals surface area contributed by atoms with E-state index in [0.29, 0.717) is 11.3 Å². The second-order valence-electron chi connectivity index (χ2n) is 8.02. The van der Waals surface area contributed by atoms with E-state index in [-0.39, 0.29) is 18.4 Å². The number of carbonyl (C=O) groups is 2. The standard InChI is InChI=1S/C27H28N4O2/c1-4-30(5-2)23-14-12-22(13-15-23)29-25-24(21-10-8-19(3)9-11-21)26(32)31(27(25)33)18-20-7-6-16-28-17-20/h6-17,29H,4-5,18H2,1-3H3. The molecule has 0 saturated heterocycles. The maximum atomic E-state index is 13.4. The Balaban J connectivity index is 1.68. The van der Waals surface area contributed by atoms with Crippen LogP contribution in [0.4, 0.5) is 11.4 Å². The first kappa shape index (κ1) is 22.3. The number of hydrogen-bond acceptors (Lipinski definition) is 5. The number of benzene rings is 2. The van der Waals surface area contributed by atoms with Gasteiger partial charge in [-0.3, -0.25) is 19.5 Å². The molecule has 3 aromatic rings. The molecule has 1 aliphatic rings. The molecule has 33 heavy (non-hydrogen) atoms. The third kappa shape index (κ3) is 4.65. The highest BCUT2D eigenvalue weighted by Gasteiger charge is 2.39. The summed E-state index contributed by atoms with van der Waals surface area (Å²) in [6.45, 7) is 8.24. The largest absolute Gasteiger partial charge is 0.372 e. The van der Waals surface area contributed by atoms with E-state index in [9.17, 15) is 9.59 Å². The van der Waals surface area contributed by atoms with Gasteiger partial charge in [-0.1, -0.05) is 35.9 Å². The molecular weight excluding hydrogens is 412 g/mol. The van der Waals surface area contributed by atoms with Crippen LogP contribution in [-0.2, 0) is 16.1 Å². The number of amides is 2. The molecule has 1 aromatic heterocycles. The summed E-state index contributed by atoms with van der Waals surface area (Å²) in [6.07, 6.45) is 3.34. The van der Waals surface area contributed by atoms with E-state index in [1.165, 1.54) is 4.90 Å². The van der Waals surface area contributed by atoms with E-state index in [1.54, 1.807) is 18.5 Å². The van der Waals surface area contributed by atoms with Crippen molar-refractivity contribution in [3.63, 3.8) is 0 Å². The zero-order valence-corrected chi connectivity index (χ0v) is 19.2. The first-order chi connectivity index (χ1) is 16.0. The average Bonchev–Trinajstić information content (AvgIpc) is 3.06. The molecule has 0 saturated carbocycles. The molecule has 0 spiro atoms. The van der Waals surface area contributed by atoms with E-state index in [1.807, 2.05) is 61.5 Å². The minimum absolute atomic E-state index is 0.174. The van der Waals surface area contributed by atoms with E-state index >= 15 is 0 Å². The number of aryl methyl sites for hydroxylation is 1. The Morgan fingerprint density at radius 2 is 1.61 bits per heavy atom. The van der Waals surface area contributed by atoms with Crippen molar-refractivity contribution in [3.05, 3.63) is 95.4 Å². The van der Waals surface area contributed by atoms with Gasteiger partial charge in [0.25, 0.3) is 11.8 Å². The molecule has 0 atom stereocenters. The van der Waals surface area contributed by atoms with Crippen LogP contribution in [-0.4, -0.2) is 34.8 Å². The Kier molecular flexibility index (Phi) is 6.54. The molecule has 0 radical (unpaired) electrons. The SMILES string of the molecule is CCN(CC)c1ccc(NC2=C(c3ccc(C)cc3)C(=O)N(Cc3cccnc3)C2=O)cc1. The highest BCUT2D eigenvalue weighted by Crippen LogP contribution is 2.32. The zero-order chi connectivity index (χ0) is 23.4. The number of anilines is 2. The minimum atomic E-state index is -0.341. The lowest BCUT2D eigenvalue weighted by Gasteiger charge is -2.21. The van der Waals surface area contributed by atoms with Gasteiger partial charge in [0.1, 0.15) is 5.70 Å². The number of pyridine rings is 1. The number of imide groups is 1. The molecule has 0 aliphatic carbocycles. The maximum Gasteiger partial charge on any atom is 0.278 e. The van der Waals surface area contributed by atoms with Crippen LogP contribution in [0, 0.1) is 6.92 Å². The summed E-state index contributed by atoms with van der Waals surface area (Å²) in [4.78, 5) is 34.4. The lowest BCUT2D eigenvalue weighted by atomic mass is 10.0. The number of hydrogen-bond donors (Lipinski definition) is 1. The van der Waals surface area contributed by atoms with Crippen molar-refractivity contribution in [2.45, 2.75) is 27.3 Å². The van der Waals surface area contributed by atoms with Gasteiger partial charge in [-0.2, -0.15) is 0 Å². The van der Waals surface area contributed by atoms with Crippen molar-refractivity contribution in [2.24, 2.45) is 0 Å². The molecule has 1 aliphatic heterocycles. The molecule has 2 heterocycles. The van der Waals surface area contributed by atoms with Gasteiger partial charge in [0, 0.05) is 36.9 Å². The molecule has 2 amide bonds. The number of nitrogens with one attached hydrogen (secondary N) is 1. The quantitative estimate of drug-likeness (QED) is 0.518. The molecule has 0 fully saturated rings. The summed E-state index contributed by atoms with van der Waals surface area (Å²) in [5.74, 6) is -0.651. The van der Waals surface area contributed by atoms with Crippen molar-refractivity contribution in [3.8, 4) is 0 Å². The fourth-order valence-electron chi connectivity index (χ4n) is 3.99. The third-order valence-corrected chi connectivity index (χ3v) is 5.84. The fraction of sp³-hybridized carbons (Fsp3) is 0.222.